The number of urea groups is 1. The van der Waals surface area contributed by atoms with Gasteiger partial charge >= 0.3 is 6.03 Å². The van der Waals surface area contributed by atoms with Crippen molar-refractivity contribution in [3.05, 3.63) is 0 Å². The lowest BCUT2D eigenvalue weighted by Crippen LogP contribution is -2.50. The predicted molar refractivity (Wildman–Crippen MR) is 80.6 cm³/mol. The van der Waals surface area contributed by atoms with Crippen LogP contribution in [0, 0.1) is 0 Å². The highest BCUT2D eigenvalue weighted by Gasteiger charge is 2.25. The molecule has 1 fully saturated rings. The number of amides is 3. The van der Waals surface area contributed by atoms with E-state index in [0.717, 1.165) is 51.9 Å². The van der Waals surface area contributed by atoms with E-state index in [9.17, 15) is 9.59 Å². The van der Waals surface area contributed by atoms with Gasteiger partial charge in [-0.1, -0.05) is 13.3 Å². The molecule has 0 radical (unpaired) electrons. The van der Waals surface area contributed by atoms with Gasteiger partial charge in [0.25, 0.3) is 0 Å². The molecule has 0 atom stereocenters. The summed E-state index contributed by atoms with van der Waals surface area (Å²) in [4.78, 5) is 27.6. The van der Waals surface area contributed by atoms with Crippen LogP contribution >= 0.6 is 0 Å². The monoisotopic (exact) mass is 283 g/mol. The van der Waals surface area contributed by atoms with Gasteiger partial charge in [-0.2, -0.15) is 0 Å². The molecule has 1 aliphatic heterocycles. The normalized spacial score (nSPS) is 16.1. The van der Waals surface area contributed by atoms with E-state index in [1.807, 2.05) is 23.6 Å². The number of nitrogens with zero attached hydrogens (tertiary/aromatic N) is 2. The lowest BCUT2D eigenvalue weighted by atomic mass is 10.0. The zero-order valence-electron chi connectivity index (χ0n) is 13.2. The molecule has 116 valence electrons. The minimum absolute atomic E-state index is 0.130. The van der Waals surface area contributed by atoms with E-state index in [2.05, 4.69) is 12.2 Å². The van der Waals surface area contributed by atoms with Crippen LogP contribution in [0.4, 0.5) is 4.79 Å². The lowest BCUT2D eigenvalue weighted by molar-refractivity contribution is -0.122. The number of carbonyl (C=O) groups is 2. The van der Waals surface area contributed by atoms with E-state index in [4.69, 9.17) is 0 Å². The highest BCUT2D eigenvalue weighted by atomic mass is 16.2. The standard InChI is InChI=1S/C15H29N3O2/c1-4-7-8-14(19)16-13-9-11-18(12-10-13)15(20)17(5-2)6-3/h13H,4-12H2,1-3H3,(H,16,19). The van der Waals surface area contributed by atoms with Crippen LogP contribution in [0.25, 0.3) is 0 Å². The quantitative estimate of drug-likeness (QED) is 0.812. The molecule has 5 heteroatoms. The first-order valence-electron chi connectivity index (χ1n) is 7.95. The van der Waals surface area contributed by atoms with Crippen LogP contribution < -0.4 is 5.32 Å². The smallest absolute Gasteiger partial charge is 0.319 e. The lowest BCUT2D eigenvalue weighted by Gasteiger charge is -2.35. The molecular formula is C15H29N3O2. The van der Waals surface area contributed by atoms with Crippen LogP contribution in [0.15, 0.2) is 0 Å². The fourth-order valence-electron chi connectivity index (χ4n) is 2.55. The Morgan fingerprint density at radius 3 is 2.25 bits per heavy atom. The Kier molecular flexibility index (Phi) is 7.41. The zero-order chi connectivity index (χ0) is 15.0. The highest BCUT2D eigenvalue weighted by Crippen LogP contribution is 2.13. The molecule has 0 aliphatic carbocycles. The Hall–Kier alpha value is -1.26. The van der Waals surface area contributed by atoms with Crippen LogP contribution in [-0.2, 0) is 4.79 Å². The second-order valence-electron chi connectivity index (χ2n) is 5.39. The highest BCUT2D eigenvalue weighted by molar-refractivity contribution is 5.76. The van der Waals surface area contributed by atoms with Crippen molar-refractivity contribution in [2.24, 2.45) is 0 Å². The summed E-state index contributed by atoms with van der Waals surface area (Å²) in [5.41, 5.74) is 0. The van der Waals surface area contributed by atoms with Gasteiger partial charge in [0.15, 0.2) is 0 Å². The Balaban J connectivity index is 2.32. The summed E-state index contributed by atoms with van der Waals surface area (Å²) < 4.78 is 0. The summed E-state index contributed by atoms with van der Waals surface area (Å²) >= 11 is 0. The van der Waals surface area contributed by atoms with Crippen LogP contribution in [-0.4, -0.2) is 54.0 Å². The summed E-state index contributed by atoms with van der Waals surface area (Å²) in [7, 11) is 0. The molecular weight excluding hydrogens is 254 g/mol. The van der Waals surface area contributed by atoms with Crippen molar-refractivity contribution >= 4 is 11.9 Å². The molecule has 0 aromatic heterocycles. The number of nitrogens with one attached hydrogen (secondary N) is 1. The van der Waals surface area contributed by atoms with E-state index >= 15 is 0 Å². The molecule has 0 bridgehead atoms. The molecule has 0 saturated carbocycles. The van der Waals surface area contributed by atoms with Gasteiger partial charge in [-0.05, 0) is 33.1 Å². The molecule has 5 nitrogen and oxygen atoms in total. The van der Waals surface area contributed by atoms with Gasteiger partial charge in [-0.15, -0.1) is 0 Å². The molecule has 1 aliphatic rings. The molecule has 1 saturated heterocycles. The second-order valence-corrected chi connectivity index (χ2v) is 5.39. The van der Waals surface area contributed by atoms with E-state index in [0.29, 0.717) is 6.42 Å². The maximum atomic E-state index is 12.2. The minimum Gasteiger partial charge on any atom is -0.353 e. The molecule has 1 rings (SSSR count). The Bertz CT molecular complexity index is 308. The molecule has 20 heavy (non-hydrogen) atoms. The molecule has 0 aromatic carbocycles. The van der Waals surface area contributed by atoms with E-state index < -0.39 is 0 Å². The number of unbranched alkanes of at least 4 members (excludes halogenated alkanes) is 1. The van der Waals surface area contributed by atoms with Gasteiger partial charge in [0.2, 0.25) is 5.91 Å². The van der Waals surface area contributed by atoms with Crippen LogP contribution in [0.1, 0.15) is 52.9 Å². The molecule has 0 spiro atoms. The maximum absolute atomic E-state index is 12.2. The van der Waals surface area contributed by atoms with Crippen LogP contribution in [0.2, 0.25) is 0 Å². The van der Waals surface area contributed by atoms with Crippen molar-refractivity contribution in [1.29, 1.82) is 0 Å². The third-order valence-electron chi connectivity index (χ3n) is 3.92. The van der Waals surface area contributed by atoms with Gasteiger partial charge in [0.1, 0.15) is 0 Å². The topological polar surface area (TPSA) is 52.7 Å². The summed E-state index contributed by atoms with van der Waals surface area (Å²) in [5, 5.41) is 3.08. The summed E-state index contributed by atoms with van der Waals surface area (Å²) in [6, 6.07) is 0.367. The van der Waals surface area contributed by atoms with Crippen LogP contribution in [0.5, 0.6) is 0 Å². The number of carbonyl (C=O) groups excluding carboxylic acids is 2. The maximum Gasteiger partial charge on any atom is 0.319 e. The number of hydrogen-bond donors (Lipinski definition) is 1. The summed E-state index contributed by atoms with van der Waals surface area (Å²) in [5.74, 6) is 0.153. The molecule has 1 N–H and O–H groups in total. The molecule has 3 amide bonds. The first kappa shape index (κ1) is 16.8. The Morgan fingerprint density at radius 2 is 1.75 bits per heavy atom. The fraction of sp³-hybridized carbons (Fsp3) is 0.867. The SMILES string of the molecule is CCCCC(=O)NC1CCN(C(=O)N(CC)CC)CC1. The molecule has 1 heterocycles. The van der Waals surface area contributed by atoms with E-state index in [1.165, 1.54) is 0 Å². The first-order valence-corrected chi connectivity index (χ1v) is 7.95. The predicted octanol–water partition coefficient (Wildman–Crippen LogP) is 2.22. The minimum atomic E-state index is 0.130. The van der Waals surface area contributed by atoms with Crippen molar-refractivity contribution in [2.75, 3.05) is 26.2 Å². The van der Waals surface area contributed by atoms with Gasteiger partial charge in [-0.25, -0.2) is 4.79 Å². The third-order valence-corrected chi connectivity index (χ3v) is 3.92. The number of likely N-dealkylation sites (tertiary alicyclic amines) is 1. The van der Waals surface area contributed by atoms with Crippen molar-refractivity contribution in [1.82, 2.24) is 15.1 Å². The van der Waals surface area contributed by atoms with Crippen molar-refractivity contribution in [2.45, 2.75) is 58.9 Å². The second kappa shape index (κ2) is 8.82. The van der Waals surface area contributed by atoms with Gasteiger partial charge in [0.05, 0.1) is 0 Å². The van der Waals surface area contributed by atoms with E-state index in [-0.39, 0.29) is 18.0 Å². The van der Waals surface area contributed by atoms with Crippen molar-refractivity contribution in [3.63, 3.8) is 0 Å². The largest absolute Gasteiger partial charge is 0.353 e. The zero-order valence-corrected chi connectivity index (χ0v) is 13.2. The van der Waals surface area contributed by atoms with Gasteiger partial charge in [-0.3, -0.25) is 4.79 Å². The molecule has 0 aromatic rings. The third kappa shape index (κ3) is 5.02. The van der Waals surface area contributed by atoms with Crippen molar-refractivity contribution < 1.29 is 9.59 Å². The number of piperidine rings is 1. The Morgan fingerprint density at radius 1 is 1.15 bits per heavy atom. The van der Waals surface area contributed by atoms with E-state index in [1.54, 1.807) is 0 Å². The number of rotatable bonds is 6. The average molecular weight is 283 g/mol. The fourth-order valence-corrected chi connectivity index (χ4v) is 2.55. The molecule has 0 unspecified atom stereocenters. The van der Waals surface area contributed by atoms with Gasteiger partial charge in [0, 0.05) is 38.6 Å². The first-order chi connectivity index (χ1) is 9.62. The number of hydrogen-bond acceptors (Lipinski definition) is 2. The van der Waals surface area contributed by atoms with Gasteiger partial charge < -0.3 is 15.1 Å². The summed E-state index contributed by atoms with van der Waals surface area (Å²) in [6.45, 7) is 9.09. The average Bonchev–Trinajstić information content (AvgIpc) is 2.47. The van der Waals surface area contributed by atoms with Crippen LogP contribution in [0.3, 0.4) is 0 Å². The Labute approximate surface area is 122 Å². The van der Waals surface area contributed by atoms with Crippen molar-refractivity contribution in [3.8, 4) is 0 Å². The summed E-state index contributed by atoms with van der Waals surface area (Å²) in [6.07, 6.45) is 4.35.